The van der Waals surface area contributed by atoms with E-state index < -0.39 is 11.7 Å². The van der Waals surface area contributed by atoms with Crippen molar-refractivity contribution in [1.82, 2.24) is 0 Å². The molecule has 2 atom stereocenters. The molecule has 0 aliphatic rings. The van der Waals surface area contributed by atoms with E-state index in [1.165, 1.54) is 0 Å². The Morgan fingerprint density at radius 2 is 2.07 bits per heavy atom. The van der Waals surface area contributed by atoms with Crippen LogP contribution in [0.3, 0.4) is 0 Å². The van der Waals surface area contributed by atoms with Gasteiger partial charge in [-0.1, -0.05) is 30.7 Å². The number of aliphatic hydroxyl groups is 1. The van der Waals surface area contributed by atoms with Crippen LogP contribution in [-0.2, 0) is 4.74 Å². The van der Waals surface area contributed by atoms with Crippen LogP contribution in [-0.4, -0.2) is 23.4 Å². The number of allylic oxidation sites excluding steroid dienone is 2. The van der Waals surface area contributed by atoms with E-state index in [2.05, 4.69) is 19.1 Å². The quantitative estimate of drug-likeness (QED) is 0.387. The highest BCUT2D eigenvalue weighted by molar-refractivity contribution is 6.20. The highest BCUT2D eigenvalue weighted by atomic mass is 35.5. The molecular formula is C11H21ClO2. The second kappa shape index (κ2) is 9.50. The first-order valence-electron chi connectivity index (χ1n) is 5.27. The fraction of sp³-hybridized carbons (Fsp3) is 0.818. The minimum absolute atomic E-state index is 0.568. The molecule has 0 aliphatic heterocycles. The van der Waals surface area contributed by atoms with Crippen molar-refractivity contribution in [2.75, 3.05) is 6.61 Å². The first-order valence-corrected chi connectivity index (χ1v) is 5.70. The Bertz CT molecular complexity index is 146. The zero-order chi connectivity index (χ0) is 10.8. The normalized spacial score (nSPS) is 16.0. The molecule has 0 saturated heterocycles. The molecule has 14 heavy (non-hydrogen) atoms. The summed E-state index contributed by atoms with van der Waals surface area (Å²) in [6, 6.07) is 0. The molecule has 0 bridgehead atoms. The smallest absolute Gasteiger partial charge is 0.156 e. The molecule has 0 aromatic carbocycles. The monoisotopic (exact) mass is 220 g/mol. The summed E-state index contributed by atoms with van der Waals surface area (Å²) < 4.78 is 5.20. The van der Waals surface area contributed by atoms with Crippen LogP contribution in [0.25, 0.3) is 0 Å². The van der Waals surface area contributed by atoms with E-state index in [-0.39, 0.29) is 0 Å². The average molecular weight is 221 g/mol. The Morgan fingerprint density at radius 1 is 1.36 bits per heavy atom. The van der Waals surface area contributed by atoms with Gasteiger partial charge in [0.2, 0.25) is 0 Å². The minimum Gasteiger partial charge on any atom is -0.389 e. The Morgan fingerprint density at radius 3 is 2.64 bits per heavy atom. The van der Waals surface area contributed by atoms with E-state index in [9.17, 15) is 0 Å². The van der Waals surface area contributed by atoms with Gasteiger partial charge in [-0.05, 0) is 32.6 Å². The van der Waals surface area contributed by atoms with E-state index in [1.807, 2.05) is 0 Å². The minimum atomic E-state index is -0.600. The van der Waals surface area contributed by atoms with E-state index in [4.69, 9.17) is 21.4 Å². The Labute approximate surface area is 91.9 Å². The molecule has 2 unspecified atom stereocenters. The molecule has 0 aliphatic carbocycles. The Balaban J connectivity index is 3.17. The molecule has 0 rings (SSSR count). The van der Waals surface area contributed by atoms with Gasteiger partial charge in [0.15, 0.2) is 5.56 Å². The maximum Gasteiger partial charge on any atom is 0.156 e. The molecule has 84 valence electrons. The van der Waals surface area contributed by atoms with Gasteiger partial charge in [-0.3, -0.25) is 0 Å². The van der Waals surface area contributed by atoms with Crippen molar-refractivity contribution >= 4 is 11.6 Å². The lowest BCUT2D eigenvalue weighted by atomic mass is 10.2. The summed E-state index contributed by atoms with van der Waals surface area (Å²) in [5.74, 6) is 0. The van der Waals surface area contributed by atoms with E-state index in [0.29, 0.717) is 6.61 Å². The van der Waals surface area contributed by atoms with Gasteiger partial charge in [0.1, 0.15) is 0 Å². The molecule has 0 spiro atoms. The number of aliphatic hydroxyl groups excluding tert-OH is 1. The van der Waals surface area contributed by atoms with Gasteiger partial charge < -0.3 is 9.84 Å². The molecule has 0 heterocycles. The summed E-state index contributed by atoms with van der Waals surface area (Å²) in [6.45, 7) is 4.38. The van der Waals surface area contributed by atoms with E-state index in [1.54, 1.807) is 6.92 Å². The van der Waals surface area contributed by atoms with Crippen molar-refractivity contribution in [2.45, 2.75) is 51.2 Å². The fourth-order valence-electron chi connectivity index (χ4n) is 0.984. The van der Waals surface area contributed by atoms with Crippen molar-refractivity contribution in [1.29, 1.82) is 0 Å². The van der Waals surface area contributed by atoms with Crippen molar-refractivity contribution in [2.24, 2.45) is 0 Å². The number of hydrogen-bond acceptors (Lipinski definition) is 2. The third kappa shape index (κ3) is 8.54. The molecule has 3 heteroatoms. The molecule has 0 radical (unpaired) electrons. The molecule has 0 aromatic rings. The van der Waals surface area contributed by atoms with E-state index >= 15 is 0 Å². The number of halogens is 1. The largest absolute Gasteiger partial charge is 0.389 e. The molecule has 0 amide bonds. The van der Waals surface area contributed by atoms with Crippen LogP contribution in [0, 0.1) is 0 Å². The topological polar surface area (TPSA) is 29.5 Å². The van der Waals surface area contributed by atoms with Crippen LogP contribution in [0.15, 0.2) is 12.2 Å². The predicted octanol–water partition coefficient (Wildman–Crippen LogP) is 3.09. The Kier molecular flexibility index (Phi) is 9.47. The van der Waals surface area contributed by atoms with Gasteiger partial charge >= 0.3 is 0 Å². The predicted molar refractivity (Wildman–Crippen MR) is 60.6 cm³/mol. The lowest BCUT2D eigenvalue weighted by Gasteiger charge is -2.12. The van der Waals surface area contributed by atoms with Crippen molar-refractivity contribution in [3.63, 3.8) is 0 Å². The van der Waals surface area contributed by atoms with Crippen LogP contribution < -0.4 is 0 Å². The molecule has 2 nitrogen and oxygen atoms in total. The number of rotatable bonds is 8. The number of alkyl halides is 1. The van der Waals surface area contributed by atoms with Crippen LogP contribution in [0.4, 0.5) is 0 Å². The number of unbranched alkanes of at least 4 members (excludes halogenated alkanes) is 2. The maximum absolute atomic E-state index is 9.03. The van der Waals surface area contributed by atoms with Crippen LogP contribution in [0.5, 0.6) is 0 Å². The van der Waals surface area contributed by atoms with Crippen LogP contribution >= 0.6 is 11.6 Å². The van der Waals surface area contributed by atoms with Crippen molar-refractivity contribution < 1.29 is 9.84 Å². The number of ether oxygens (including phenoxy) is 1. The zero-order valence-corrected chi connectivity index (χ0v) is 9.83. The lowest BCUT2D eigenvalue weighted by Crippen LogP contribution is -2.20. The molecular weight excluding hydrogens is 200 g/mol. The summed E-state index contributed by atoms with van der Waals surface area (Å²) in [5, 5.41) is 9.03. The van der Waals surface area contributed by atoms with Gasteiger partial charge in [0.25, 0.3) is 0 Å². The van der Waals surface area contributed by atoms with Crippen LogP contribution in [0.2, 0.25) is 0 Å². The summed E-state index contributed by atoms with van der Waals surface area (Å²) >= 11 is 5.69. The summed E-state index contributed by atoms with van der Waals surface area (Å²) in [5.41, 5.74) is -0.568. The van der Waals surface area contributed by atoms with Crippen molar-refractivity contribution in [3.05, 3.63) is 12.2 Å². The Hall–Kier alpha value is -0.0500. The fourth-order valence-corrected chi connectivity index (χ4v) is 1.07. The van der Waals surface area contributed by atoms with Crippen LogP contribution in [0.1, 0.15) is 39.5 Å². The summed E-state index contributed by atoms with van der Waals surface area (Å²) in [6.07, 6.45) is 8.05. The second-order valence-corrected chi connectivity index (χ2v) is 3.77. The van der Waals surface area contributed by atoms with Gasteiger partial charge in [0, 0.05) is 6.61 Å². The van der Waals surface area contributed by atoms with Gasteiger partial charge in [0.05, 0.1) is 6.10 Å². The first-order chi connectivity index (χ1) is 6.68. The highest BCUT2D eigenvalue weighted by Crippen LogP contribution is 2.06. The lowest BCUT2D eigenvalue weighted by molar-refractivity contribution is 0.0174. The number of hydrogen-bond donors (Lipinski definition) is 1. The maximum atomic E-state index is 9.03. The standard InChI is InChI=1S/C11H21ClO2/c1-3-4-5-6-7-8-9-14-11(12)10(2)13/h4-5,10-11,13H,3,6-9H2,1-2H3. The third-order valence-electron chi connectivity index (χ3n) is 1.82. The molecule has 0 aromatic heterocycles. The van der Waals surface area contributed by atoms with Gasteiger partial charge in [-0.15, -0.1) is 0 Å². The van der Waals surface area contributed by atoms with Gasteiger partial charge in [-0.2, -0.15) is 0 Å². The first kappa shape index (κ1) is 13.9. The molecule has 0 saturated carbocycles. The third-order valence-corrected chi connectivity index (χ3v) is 2.31. The SMILES string of the molecule is CCC=CCCCCOC(Cl)C(C)O. The highest BCUT2D eigenvalue weighted by Gasteiger charge is 2.09. The second-order valence-electron chi connectivity index (χ2n) is 3.34. The van der Waals surface area contributed by atoms with Crippen molar-refractivity contribution in [3.8, 4) is 0 Å². The zero-order valence-electron chi connectivity index (χ0n) is 9.08. The molecule has 0 fully saturated rings. The summed E-state index contributed by atoms with van der Waals surface area (Å²) in [7, 11) is 0. The summed E-state index contributed by atoms with van der Waals surface area (Å²) in [4.78, 5) is 0. The average Bonchev–Trinajstić information content (AvgIpc) is 2.16. The van der Waals surface area contributed by atoms with Gasteiger partial charge in [-0.25, -0.2) is 0 Å². The van der Waals surface area contributed by atoms with E-state index in [0.717, 1.165) is 25.7 Å². The molecule has 1 N–H and O–H groups in total.